The molecule has 0 spiro atoms. The van der Waals surface area contributed by atoms with Crippen LogP contribution >= 0.6 is 0 Å². The first-order chi connectivity index (χ1) is 9.01. The van der Waals surface area contributed by atoms with Gasteiger partial charge in [0.25, 0.3) is 5.70 Å². The molecule has 19 heavy (non-hydrogen) atoms. The summed E-state index contributed by atoms with van der Waals surface area (Å²) in [5.74, 6) is 0. The van der Waals surface area contributed by atoms with Crippen molar-refractivity contribution < 1.29 is 14.6 Å². The molecule has 1 unspecified atom stereocenters. The fourth-order valence-electron chi connectivity index (χ4n) is 1.55. The van der Waals surface area contributed by atoms with Crippen LogP contribution in [-0.2, 0) is 4.74 Å². The summed E-state index contributed by atoms with van der Waals surface area (Å²) in [6, 6.07) is 0. The van der Waals surface area contributed by atoms with E-state index in [1.807, 2.05) is 0 Å². The van der Waals surface area contributed by atoms with Gasteiger partial charge in [-0.25, -0.2) is 0 Å². The molecule has 1 rings (SSSR count). The Bertz CT molecular complexity index is 469. The Kier molecular flexibility index (Phi) is 4.95. The van der Waals surface area contributed by atoms with Crippen molar-refractivity contribution in [2.45, 2.75) is 6.23 Å². The summed E-state index contributed by atoms with van der Waals surface area (Å²) in [5.41, 5.74) is -0.759. The van der Waals surface area contributed by atoms with E-state index < -0.39 is 21.8 Å². The number of ether oxygens (including phenoxy) is 1. The number of allylic oxidation sites excluding steroid dienone is 1. The Morgan fingerprint density at radius 1 is 1.32 bits per heavy atom. The van der Waals surface area contributed by atoms with Crippen molar-refractivity contribution in [2.24, 2.45) is 0 Å². The van der Waals surface area contributed by atoms with Gasteiger partial charge >= 0.3 is 5.70 Å². The van der Waals surface area contributed by atoms with E-state index >= 15 is 0 Å². The van der Waals surface area contributed by atoms with Gasteiger partial charge in [-0.3, -0.25) is 20.2 Å². The monoisotopic (exact) mass is 267 g/mol. The van der Waals surface area contributed by atoms with Gasteiger partial charge in [-0.15, -0.1) is 13.2 Å². The zero-order valence-corrected chi connectivity index (χ0v) is 10.1. The van der Waals surface area contributed by atoms with Crippen LogP contribution < -0.4 is 0 Å². The van der Waals surface area contributed by atoms with E-state index in [1.165, 1.54) is 23.3 Å². The third kappa shape index (κ3) is 3.49. The second-order valence-corrected chi connectivity index (χ2v) is 3.60. The average Bonchev–Trinajstić information content (AvgIpc) is 2.36. The minimum absolute atomic E-state index is 0.0884. The van der Waals surface area contributed by atoms with E-state index in [9.17, 15) is 20.2 Å². The molecular formula is C11H13N3O5. The lowest BCUT2D eigenvalue weighted by Crippen LogP contribution is -2.40. The molecule has 0 bridgehead atoms. The molecule has 0 fully saturated rings. The van der Waals surface area contributed by atoms with Crippen LogP contribution in [0.25, 0.3) is 0 Å². The van der Waals surface area contributed by atoms with Gasteiger partial charge in [0.1, 0.15) is 0 Å². The zero-order valence-electron chi connectivity index (χ0n) is 10.1. The van der Waals surface area contributed by atoms with Crippen LogP contribution in [0.15, 0.2) is 49.0 Å². The number of rotatable bonds is 7. The molecule has 8 heteroatoms. The van der Waals surface area contributed by atoms with Gasteiger partial charge in [0.2, 0.25) is 6.23 Å². The summed E-state index contributed by atoms with van der Waals surface area (Å²) in [6.45, 7) is 7.23. The van der Waals surface area contributed by atoms with Gasteiger partial charge in [0.15, 0.2) is 0 Å². The summed E-state index contributed by atoms with van der Waals surface area (Å²) in [6.07, 6.45) is 4.00. The third-order valence-electron chi connectivity index (χ3n) is 2.28. The first-order valence-electron chi connectivity index (χ1n) is 5.32. The molecule has 1 aliphatic rings. The Balaban J connectivity index is 3.14. The molecular weight excluding hydrogens is 254 g/mol. The second-order valence-electron chi connectivity index (χ2n) is 3.60. The van der Waals surface area contributed by atoms with E-state index in [2.05, 4.69) is 13.2 Å². The van der Waals surface area contributed by atoms with Gasteiger partial charge in [-0.1, -0.05) is 12.2 Å². The fraction of sp³-hybridized carbons (Fsp3) is 0.273. The van der Waals surface area contributed by atoms with E-state index in [0.29, 0.717) is 0 Å². The largest absolute Gasteiger partial charge is 0.344 e. The summed E-state index contributed by atoms with van der Waals surface area (Å²) < 4.78 is 5.28. The van der Waals surface area contributed by atoms with Crippen LogP contribution in [0.4, 0.5) is 0 Å². The molecule has 0 saturated heterocycles. The Hall–Kier alpha value is -2.48. The summed E-state index contributed by atoms with van der Waals surface area (Å²) >= 11 is 0. The highest BCUT2D eigenvalue weighted by Crippen LogP contribution is 2.22. The minimum Gasteiger partial charge on any atom is -0.344 e. The van der Waals surface area contributed by atoms with Gasteiger partial charge in [-0.05, 0) is 0 Å². The molecule has 1 aliphatic heterocycles. The maximum atomic E-state index is 11.0. The summed E-state index contributed by atoms with van der Waals surface area (Å²) in [5, 5.41) is 21.7. The lowest BCUT2D eigenvalue weighted by molar-refractivity contribution is -0.451. The fourth-order valence-corrected chi connectivity index (χ4v) is 1.55. The maximum absolute atomic E-state index is 11.0. The highest BCUT2D eigenvalue weighted by Gasteiger charge is 2.36. The van der Waals surface area contributed by atoms with Crippen molar-refractivity contribution >= 4 is 0 Å². The van der Waals surface area contributed by atoms with E-state index in [1.54, 1.807) is 0 Å². The minimum atomic E-state index is -1.00. The summed E-state index contributed by atoms with van der Waals surface area (Å²) in [7, 11) is 0. The lowest BCUT2D eigenvalue weighted by atomic mass is 10.2. The molecule has 0 aromatic carbocycles. The lowest BCUT2D eigenvalue weighted by Gasteiger charge is -2.28. The predicted octanol–water partition coefficient (Wildman–Crippen LogP) is 1.30. The smallest absolute Gasteiger partial charge is 0.302 e. The first-order valence-corrected chi connectivity index (χ1v) is 5.32. The highest BCUT2D eigenvalue weighted by atomic mass is 16.6. The average molecular weight is 267 g/mol. The SMILES string of the molecule is C=CCOC1C([N+](=O)[O-])=CC([N+](=O)[O-])=CN1CC=C. The Morgan fingerprint density at radius 3 is 2.47 bits per heavy atom. The number of hydrogen-bond acceptors (Lipinski definition) is 6. The molecule has 0 aliphatic carbocycles. The second kappa shape index (κ2) is 6.45. The van der Waals surface area contributed by atoms with Gasteiger partial charge in [0, 0.05) is 6.54 Å². The van der Waals surface area contributed by atoms with Crippen molar-refractivity contribution in [3.8, 4) is 0 Å². The Morgan fingerprint density at radius 2 is 2.00 bits per heavy atom. The van der Waals surface area contributed by atoms with E-state index in [0.717, 1.165) is 6.08 Å². The van der Waals surface area contributed by atoms with Gasteiger partial charge in [-0.2, -0.15) is 0 Å². The third-order valence-corrected chi connectivity index (χ3v) is 2.28. The normalized spacial score (nSPS) is 18.3. The molecule has 1 atom stereocenters. The zero-order chi connectivity index (χ0) is 14.4. The molecule has 1 heterocycles. The van der Waals surface area contributed by atoms with Crippen LogP contribution in [0.3, 0.4) is 0 Å². The molecule has 0 N–H and O–H groups in total. The molecule has 0 saturated carbocycles. The standard InChI is InChI=1S/C11H13N3O5/c1-3-5-12-8-9(13(15)16)7-10(14(17)18)11(12)19-6-4-2/h3-4,7-8,11H,1-2,5-6H2. The van der Waals surface area contributed by atoms with Crippen molar-refractivity contribution in [3.05, 3.63) is 69.2 Å². The maximum Gasteiger partial charge on any atom is 0.302 e. The van der Waals surface area contributed by atoms with Crippen LogP contribution in [0.1, 0.15) is 0 Å². The highest BCUT2D eigenvalue weighted by molar-refractivity contribution is 5.22. The van der Waals surface area contributed by atoms with E-state index in [4.69, 9.17) is 4.74 Å². The quantitative estimate of drug-likeness (QED) is 0.391. The van der Waals surface area contributed by atoms with Crippen molar-refractivity contribution in [2.75, 3.05) is 13.2 Å². The number of hydrogen-bond donors (Lipinski definition) is 0. The van der Waals surface area contributed by atoms with Crippen molar-refractivity contribution in [1.29, 1.82) is 0 Å². The van der Waals surface area contributed by atoms with Crippen LogP contribution in [0.5, 0.6) is 0 Å². The molecule has 0 aromatic heterocycles. The summed E-state index contributed by atoms with van der Waals surface area (Å²) in [4.78, 5) is 21.7. The Labute approximate surface area is 109 Å². The topological polar surface area (TPSA) is 98.8 Å². The molecule has 8 nitrogen and oxygen atoms in total. The number of nitrogens with zero attached hydrogens (tertiary/aromatic N) is 3. The number of nitro groups is 2. The molecule has 0 aromatic rings. The molecule has 0 radical (unpaired) electrons. The van der Waals surface area contributed by atoms with Crippen molar-refractivity contribution in [1.82, 2.24) is 4.90 Å². The first kappa shape index (κ1) is 14.6. The van der Waals surface area contributed by atoms with Crippen molar-refractivity contribution in [3.63, 3.8) is 0 Å². The van der Waals surface area contributed by atoms with Crippen LogP contribution in [0, 0.1) is 20.2 Å². The van der Waals surface area contributed by atoms with Crippen LogP contribution in [0.2, 0.25) is 0 Å². The van der Waals surface area contributed by atoms with Crippen LogP contribution in [-0.4, -0.2) is 34.1 Å². The molecule has 102 valence electrons. The predicted molar refractivity (Wildman–Crippen MR) is 67.0 cm³/mol. The van der Waals surface area contributed by atoms with E-state index in [-0.39, 0.29) is 18.8 Å². The molecule has 0 amide bonds. The van der Waals surface area contributed by atoms with Gasteiger partial charge in [0.05, 0.1) is 28.7 Å². The van der Waals surface area contributed by atoms with Gasteiger partial charge < -0.3 is 9.64 Å².